The van der Waals surface area contributed by atoms with Crippen molar-refractivity contribution in [1.82, 2.24) is 0 Å². The second-order valence-corrected chi connectivity index (χ2v) is 16.5. The minimum absolute atomic E-state index is 0.0219. The van der Waals surface area contributed by atoms with Gasteiger partial charge in [0.1, 0.15) is 30.7 Å². The first-order valence-corrected chi connectivity index (χ1v) is 17.1. The smallest absolute Gasteiger partial charge is 0.187 e. The molecule has 256 valence electrons. The predicted octanol–water partition coefficient (Wildman–Crippen LogP) is 3.28. The summed E-state index contributed by atoms with van der Waals surface area (Å²) < 4.78 is 12.0. The van der Waals surface area contributed by atoms with Crippen LogP contribution < -0.4 is 0 Å². The van der Waals surface area contributed by atoms with E-state index in [1.807, 2.05) is 39.8 Å². The average molecular weight is 635 g/mol. The van der Waals surface area contributed by atoms with Gasteiger partial charge in [0.2, 0.25) is 0 Å². The van der Waals surface area contributed by atoms with Gasteiger partial charge in [-0.1, -0.05) is 57.9 Å². The molecular weight excluding hydrogens is 576 g/mol. The summed E-state index contributed by atoms with van der Waals surface area (Å²) in [6.07, 6.45) is 2.26. The molecule has 1 saturated heterocycles. The number of rotatable bonds is 8. The monoisotopic (exact) mass is 634 g/mol. The van der Waals surface area contributed by atoms with Crippen LogP contribution in [0.5, 0.6) is 0 Å². The van der Waals surface area contributed by atoms with E-state index in [0.29, 0.717) is 25.2 Å². The van der Waals surface area contributed by atoms with Crippen molar-refractivity contribution in [2.75, 3.05) is 6.61 Å². The van der Waals surface area contributed by atoms with Gasteiger partial charge in [-0.3, -0.25) is 0 Å². The Morgan fingerprint density at radius 2 is 1.67 bits per heavy atom. The van der Waals surface area contributed by atoms with Gasteiger partial charge in [0, 0.05) is 16.7 Å². The molecule has 1 aliphatic heterocycles. The first-order chi connectivity index (χ1) is 21.0. The largest absolute Gasteiger partial charge is 0.394 e. The number of allylic oxidation sites excluding steroid dienone is 1. The number of aliphatic hydroxyl groups excluding tert-OH is 6. The molecule has 5 rings (SSSR count). The van der Waals surface area contributed by atoms with Gasteiger partial charge >= 0.3 is 0 Å². The Morgan fingerprint density at radius 3 is 2.29 bits per heavy atom. The molecule has 6 N–H and O–H groups in total. The van der Waals surface area contributed by atoms with Gasteiger partial charge in [-0.2, -0.15) is 0 Å². The van der Waals surface area contributed by atoms with E-state index in [1.54, 1.807) is 0 Å². The Hall–Kier alpha value is -1.17. The van der Waals surface area contributed by atoms with Crippen LogP contribution in [0.4, 0.5) is 0 Å². The third-order valence-corrected chi connectivity index (χ3v) is 13.6. The number of carbonyl (C=O) groups is 1. The molecule has 45 heavy (non-hydrogen) atoms. The fraction of sp³-hybridized carbons (Fsp3) is 0.861. The predicted molar refractivity (Wildman–Crippen MR) is 169 cm³/mol. The topological polar surface area (TPSA) is 157 Å². The summed E-state index contributed by atoms with van der Waals surface area (Å²) in [6, 6.07) is 0. The number of hydrogen-bond acceptors (Lipinski definition) is 9. The molecule has 15 atom stereocenters. The highest BCUT2D eigenvalue weighted by atomic mass is 16.7. The molecule has 0 spiro atoms. The summed E-state index contributed by atoms with van der Waals surface area (Å²) in [6.45, 7) is 14.4. The number of fused-ring (bicyclic) bond motifs is 5. The second-order valence-electron chi connectivity index (χ2n) is 16.5. The molecule has 5 aliphatic rings. The molecule has 4 fully saturated rings. The normalized spacial score (nSPS) is 48.7. The highest BCUT2D eigenvalue weighted by Gasteiger charge is 2.70. The Kier molecular flexibility index (Phi) is 9.66. The third kappa shape index (κ3) is 5.41. The van der Waals surface area contributed by atoms with Gasteiger partial charge in [0.25, 0.3) is 0 Å². The Labute approximate surface area is 268 Å². The lowest BCUT2D eigenvalue weighted by atomic mass is 9.38. The maximum absolute atomic E-state index is 13.3. The molecule has 0 radical (unpaired) electrons. The summed E-state index contributed by atoms with van der Waals surface area (Å²) in [5.41, 5.74) is 0.502. The Balaban J connectivity index is 1.41. The van der Waals surface area contributed by atoms with E-state index in [4.69, 9.17) is 9.47 Å². The molecule has 9 nitrogen and oxygen atoms in total. The van der Waals surface area contributed by atoms with Crippen LogP contribution in [0.2, 0.25) is 0 Å². The van der Waals surface area contributed by atoms with E-state index < -0.39 is 66.5 Å². The summed E-state index contributed by atoms with van der Waals surface area (Å²) in [5.74, 6) is 0.285. The summed E-state index contributed by atoms with van der Waals surface area (Å²) in [4.78, 5) is 13.3. The van der Waals surface area contributed by atoms with Gasteiger partial charge < -0.3 is 44.9 Å². The molecule has 0 amide bonds. The maximum atomic E-state index is 13.3. The van der Waals surface area contributed by atoms with Crippen LogP contribution in [0, 0.1) is 45.3 Å². The molecular formula is C36H58O9. The lowest BCUT2D eigenvalue weighted by Crippen LogP contribution is -2.64. The first-order valence-electron chi connectivity index (χ1n) is 17.1. The van der Waals surface area contributed by atoms with Gasteiger partial charge in [-0.25, -0.2) is 0 Å². The van der Waals surface area contributed by atoms with Crippen molar-refractivity contribution in [1.29, 1.82) is 0 Å². The van der Waals surface area contributed by atoms with E-state index in [-0.39, 0.29) is 28.6 Å². The standard InChI is InChI=1S/C36H58O9/c1-19(2)14-21(44-32-30(43)29(42)28(41)26(17-37)45-32)15-20(3)22-10-11-35(7)31-25(39)16-24-23(8-9-27(40)33(24,4)5)36(31,18-38)13-12-34(22,35)6/h14,16,18,20-23,25-32,37,39-43H,8-13,15,17H2,1-7H3. The van der Waals surface area contributed by atoms with Crippen LogP contribution >= 0.6 is 0 Å². The number of ether oxygens (including phenoxy) is 2. The van der Waals surface area contributed by atoms with E-state index >= 15 is 0 Å². The van der Waals surface area contributed by atoms with Crippen molar-refractivity contribution in [3.63, 3.8) is 0 Å². The second kappa shape index (κ2) is 12.4. The number of aliphatic hydroxyl groups is 6. The lowest BCUT2D eigenvalue weighted by Gasteiger charge is -2.66. The highest BCUT2D eigenvalue weighted by molar-refractivity contribution is 5.65. The zero-order valence-corrected chi connectivity index (χ0v) is 28.2. The van der Waals surface area contributed by atoms with Crippen molar-refractivity contribution in [2.24, 2.45) is 45.3 Å². The molecule has 3 saturated carbocycles. The Bertz CT molecular complexity index is 1160. The van der Waals surface area contributed by atoms with Gasteiger partial charge in [-0.15, -0.1) is 0 Å². The van der Waals surface area contributed by atoms with E-state index in [0.717, 1.165) is 36.8 Å². The lowest BCUT2D eigenvalue weighted by molar-refractivity contribution is -0.308. The van der Waals surface area contributed by atoms with E-state index in [9.17, 15) is 35.4 Å². The first kappa shape index (κ1) is 35.1. The molecule has 15 unspecified atom stereocenters. The van der Waals surface area contributed by atoms with Crippen LogP contribution in [-0.4, -0.2) is 92.5 Å². The summed E-state index contributed by atoms with van der Waals surface area (Å²) >= 11 is 0. The molecule has 4 aliphatic carbocycles. The van der Waals surface area contributed by atoms with Crippen LogP contribution in [0.1, 0.15) is 93.4 Å². The van der Waals surface area contributed by atoms with Gasteiger partial charge in [0.15, 0.2) is 6.29 Å². The number of aldehydes is 1. The van der Waals surface area contributed by atoms with Gasteiger partial charge in [0.05, 0.1) is 24.9 Å². The SMILES string of the molecule is CC(C)=CC(CC(C)C1CCC2(C)C3C(O)C=C4C(CCC(O)C4(C)C)C3(C=O)CCC12C)OC1OC(CO)C(O)C(O)C1O. The molecule has 9 heteroatoms. The molecule has 0 aromatic rings. The van der Waals surface area contributed by atoms with E-state index in [1.165, 1.54) is 6.29 Å². The highest BCUT2D eigenvalue weighted by Crippen LogP contribution is 2.74. The number of hydrogen-bond donors (Lipinski definition) is 6. The van der Waals surface area contributed by atoms with Crippen molar-refractivity contribution < 1.29 is 44.9 Å². The molecule has 0 aromatic heterocycles. The van der Waals surface area contributed by atoms with Crippen LogP contribution in [0.15, 0.2) is 23.3 Å². The molecule has 0 aromatic carbocycles. The van der Waals surface area contributed by atoms with Crippen LogP contribution in [-0.2, 0) is 14.3 Å². The van der Waals surface area contributed by atoms with Crippen molar-refractivity contribution >= 4 is 6.29 Å². The quantitative estimate of drug-likeness (QED) is 0.174. The van der Waals surface area contributed by atoms with Crippen molar-refractivity contribution in [3.8, 4) is 0 Å². The zero-order valence-electron chi connectivity index (χ0n) is 28.2. The Morgan fingerprint density at radius 1 is 0.978 bits per heavy atom. The fourth-order valence-electron chi connectivity index (χ4n) is 11.0. The summed E-state index contributed by atoms with van der Waals surface area (Å²) in [5, 5.41) is 63.6. The van der Waals surface area contributed by atoms with Gasteiger partial charge in [-0.05, 0) is 87.4 Å². The minimum Gasteiger partial charge on any atom is -0.394 e. The van der Waals surface area contributed by atoms with Crippen molar-refractivity contribution in [2.45, 2.75) is 142 Å². The molecule has 1 heterocycles. The fourth-order valence-corrected chi connectivity index (χ4v) is 11.0. The average Bonchev–Trinajstić information content (AvgIpc) is 3.25. The van der Waals surface area contributed by atoms with E-state index in [2.05, 4.69) is 20.8 Å². The third-order valence-electron chi connectivity index (χ3n) is 13.6. The van der Waals surface area contributed by atoms with Crippen LogP contribution in [0.3, 0.4) is 0 Å². The minimum atomic E-state index is -1.50. The molecule has 0 bridgehead atoms. The van der Waals surface area contributed by atoms with Crippen LogP contribution in [0.25, 0.3) is 0 Å². The zero-order chi connectivity index (χ0) is 33.3. The maximum Gasteiger partial charge on any atom is 0.187 e. The van der Waals surface area contributed by atoms with Crippen molar-refractivity contribution in [3.05, 3.63) is 23.3 Å². The number of carbonyl (C=O) groups excluding carboxylic acids is 1. The summed E-state index contributed by atoms with van der Waals surface area (Å²) in [7, 11) is 0.